The van der Waals surface area contributed by atoms with Crippen LogP contribution in [-0.2, 0) is 16.0 Å². The number of hydrogen-bond donors (Lipinski definition) is 1. The molecule has 0 unspecified atom stereocenters. The number of hydrogen-bond acceptors (Lipinski definition) is 4. The van der Waals surface area contributed by atoms with Crippen LogP contribution in [0.25, 0.3) is 10.1 Å². The lowest BCUT2D eigenvalue weighted by Crippen LogP contribution is -2.28. The lowest BCUT2D eigenvalue weighted by atomic mass is 10.1. The fourth-order valence-corrected chi connectivity index (χ4v) is 2.91. The van der Waals surface area contributed by atoms with Crippen LogP contribution in [0.4, 0.5) is 0 Å². The molecule has 4 nitrogen and oxygen atoms in total. The van der Waals surface area contributed by atoms with E-state index in [1.807, 2.05) is 0 Å². The highest BCUT2D eigenvalue weighted by Crippen LogP contribution is 2.21. The Morgan fingerprint density at radius 1 is 1.24 bits per heavy atom. The van der Waals surface area contributed by atoms with Crippen molar-refractivity contribution in [3.8, 4) is 0 Å². The monoisotopic (exact) mass is 307 g/mol. The van der Waals surface area contributed by atoms with Gasteiger partial charge in [0.2, 0.25) is 6.41 Å². The second-order valence-corrected chi connectivity index (χ2v) is 5.82. The van der Waals surface area contributed by atoms with Gasteiger partial charge in [0, 0.05) is 24.4 Å². The van der Waals surface area contributed by atoms with Gasteiger partial charge in [-0.15, -0.1) is 11.3 Å². The number of thiophene rings is 1. The molecule has 0 radical (unpaired) electrons. The summed E-state index contributed by atoms with van der Waals surface area (Å²) in [6.07, 6.45) is 2.30. The van der Waals surface area contributed by atoms with Crippen LogP contribution >= 0.6 is 11.3 Å². The lowest BCUT2D eigenvalue weighted by molar-refractivity contribution is -0.119. The van der Waals surface area contributed by atoms with E-state index < -0.39 is 0 Å². The van der Waals surface area contributed by atoms with Gasteiger partial charge < -0.3 is 14.7 Å². The first kappa shape index (κ1) is 15.9. The predicted octanol–water partition coefficient (Wildman–Crippen LogP) is 2.30. The molecule has 0 saturated carbocycles. The molecule has 0 atom stereocenters. The largest absolute Gasteiger partial charge is 0.396 e. The number of benzene rings is 1. The minimum atomic E-state index is 0.107. The number of aliphatic hydroxyl groups is 1. The van der Waals surface area contributed by atoms with Gasteiger partial charge in [-0.1, -0.05) is 12.1 Å². The minimum Gasteiger partial charge on any atom is -0.396 e. The van der Waals surface area contributed by atoms with Gasteiger partial charge in [0.05, 0.1) is 13.2 Å². The summed E-state index contributed by atoms with van der Waals surface area (Å²) in [4.78, 5) is 12.4. The van der Waals surface area contributed by atoms with Gasteiger partial charge in [0.15, 0.2) is 0 Å². The van der Waals surface area contributed by atoms with E-state index in [0.717, 1.165) is 12.8 Å². The quantitative estimate of drug-likeness (QED) is 0.541. The van der Waals surface area contributed by atoms with Crippen LogP contribution in [0.3, 0.4) is 0 Å². The van der Waals surface area contributed by atoms with Gasteiger partial charge in [-0.3, -0.25) is 4.79 Å². The molecule has 0 bridgehead atoms. The molecule has 1 N–H and O–H groups in total. The molecule has 2 rings (SSSR count). The van der Waals surface area contributed by atoms with E-state index in [4.69, 9.17) is 9.84 Å². The maximum atomic E-state index is 10.8. The number of rotatable bonds is 10. The molecule has 0 spiro atoms. The van der Waals surface area contributed by atoms with Gasteiger partial charge in [-0.25, -0.2) is 0 Å². The first-order valence-electron chi connectivity index (χ1n) is 7.17. The Morgan fingerprint density at radius 2 is 2.14 bits per heavy atom. The van der Waals surface area contributed by atoms with Gasteiger partial charge in [-0.2, -0.15) is 0 Å². The highest BCUT2D eigenvalue weighted by molar-refractivity contribution is 7.17. The standard InChI is InChI=1S/C16H21NO3S/c18-8-1-6-17(13-19)7-10-20-9-4-14-2-3-16-15(12-14)5-11-21-16/h2-3,5,11-13,18H,1,4,6-10H2. The summed E-state index contributed by atoms with van der Waals surface area (Å²) in [6.45, 7) is 2.45. The van der Waals surface area contributed by atoms with E-state index in [1.165, 1.54) is 15.6 Å². The van der Waals surface area contributed by atoms with Crippen LogP contribution in [0.5, 0.6) is 0 Å². The summed E-state index contributed by atoms with van der Waals surface area (Å²) in [7, 11) is 0. The normalized spacial score (nSPS) is 10.9. The third kappa shape index (κ3) is 5.12. The number of carbonyl (C=O) groups is 1. The number of nitrogens with zero attached hydrogens (tertiary/aromatic N) is 1. The van der Waals surface area contributed by atoms with Crippen LogP contribution in [-0.4, -0.2) is 49.3 Å². The summed E-state index contributed by atoms with van der Waals surface area (Å²) in [5.74, 6) is 0. The maximum Gasteiger partial charge on any atom is 0.209 e. The van der Waals surface area contributed by atoms with E-state index in [-0.39, 0.29) is 6.61 Å². The van der Waals surface area contributed by atoms with Crippen molar-refractivity contribution in [1.82, 2.24) is 4.90 Å². The van der Waals surface area contributed by atoms with Gasteiger partial charge in [0.1, 0.15) is 0 Å². The molecule has 0 fully saturated rings. The van der Waals surface area contributed by atoms with Crippen LogP contribution in [0, 0.1) is 0 Å². The van der Waals surface area contributed by atoms with E-state index in [2.05, 4.69) is 29.6 Å². The zero-order valence-corrected chi connectivity index (χ0v) is 12.8. The molecule has 114 valence electrons. The molecule has 5 heteroatoms. The molecule has 1 heterocycles. The molecule has 0 aliphatic carbocycles. The zero-order valence-electron chi connectivity index (χ0n) is 12.0. The SMILES string of the molecule is O=CN(CCCO)CCOCCc1ccc2sccc2c1. The Labute approximate surface area is 129 Å². The first-order valence-corrected chi connectivity index (χ1v) is 8.05. The molecule has 0 aliphatic rings. The molecule has 21 heavy (non-hydrogen) atoms. The number of aliphatic hydroxyl groups excluding tert-OH is 1. The van der Waals surface area contributed by atoms with E-state index in [0.29, 0.717) is 32.7 Å². The fourth-order valence-electron chi connectivity index (χ4n) is 2.14. The van der Waals surface area contributed by atoms with Crippen LogP contribution in [0.1, 0.15) is 12.0 Å². The Kier molecular flexibility index (Phi) is 6.66. The minimum absolute atomic E-state index is 0.107. The van der Waals surface area contributed by atoms with Crippen molar-refractivity contribution in [1.29, 1.82) is 0 Å². The summed E-state index contributed by atoms with van der Waals surface area (Å²) in [5.41, 5.74) is 1.27. The number of ether oxygens (including phenoxy) is 1. The topological polar surface area (TPSA) is 49.8 Å². The Balaban J connectivity index is 1.66. The van der Waals surface area contributed by atoms with Crippen molar-refractivity contribution in [2.75, 3.05) is 32.9 Å². The van der Waals surface area contributed by atoms with Gasteiger partial charge >= 0.3 is 0 Å². The molecule has 2 aromatic rings. The molecular formula is C16H21NO3S. The lowest BCUT2D eigenvalue weighted by Gasteiger charge is -2.16. The average molecular weight is 307 g/mol. The second-order valence-electron chi connectivity index (χ2n) is 4.87. The first-order chi connectivity index (χ1) is 10.3. The van der Waals surface area contributed by atoms with Crippen LogP contribution < -0.4 is 0 Å². The fraction of sp³-hybridized carbons (Fsp3) is 0.438. The number of fused-ring (bicyclic) bond motifs is 1. The second kappa shape index (κ2) is 8.77. The molecular weight excluding hydrogens is 286 g/mol. The third-order valence-corrected chi connectivity index (χ3v) is 4.23. The molecule has 1 amide bonds. The van der Waals surface area contributed by atoms with E-state index in [1.54, 1.807) is 16.2 Å². The summed E-state index contributed by atoms with van der Waals surface area (Å²) >= 11 is 1.75. The Bertz CT molecular complexity index is 555. The van der Waals surface area contributed by atoms with Crippen molar-refractivity contribution < 1.29 is 14.6 Å². The van der Waals surface area contributed by atoms with E-state index >= 15 is 0 Å². The van der Waals surface area contributed by atoms with Gasteiger partial charge in [0.25, 0.3) is 0 Å². The Morgan fingerprint density at radius 3 is 2.95 bits per heavy atom. The maximum absolute atomic E-state index is 10.8. The van der Waals surface area contributed by atoms with Gasteiger partial charge in [-0.05, 0) is 41.3 Å². The van der Waals surface area contributed by atoms with Crippen molar-refractivity contribution in [2.24, 2.45) is 0 Å². The van der Waals surface area contributed by atoms with Crippen molar-refractivity contribution in [2.45, 2.75) is 12.8 Å². The van der Waals surface area contributed by atoms with Crippen molar-refractivity contribution >= 4 is 27.8 Å². The van der Waals surface area contributed by atoms with Crippen molar-refractivity contribution in [3.05, 3.63) is 35.2 Å². The highest BCUT2D eigenvalue weighted by atomic mass is 32.1. The summed E-state index contributed by atoms with van der Waals surface area (Å²) in [5, 5.41) is 12.1. The Hall–Kier alpha value is -1.43. The molecule has 1 aromatic heterocycles. The van der Waals surface area contributed by atoms with Crippen molar-refractivity contribution in [3.63, 3.8) is 0 Å². The summed E-state index contributed by atoms with van der Waals surface area (Å²) < 4.78 is 6.89. The average Bonchev–Trinajstić information content (AvgIpc) is 2.97. The zero-order chi connectivity index (χ0) is 14.9. The third-order valence-electron chi connectivity index (χ3n) is 3.33. The van der Waals surface area contributed by atoms with Crippen LogP contribution in [0.15, 0.2) is 29.6 Å². The molecule has 0 saturated heterocycles. The highest BCUT2D eigenvalue weighted by Gasteiger charge is 2.01. The van der Waals surface area contributed by atoms with E-state index in [9.17, 15) is 4.79 Å². The molecule has 0 aliphatic heterocycles. The predicted molar refractivity (Wildman–Crippen MR) is 85.7 cm³/mol. The molecule has 1 aromatic carbocycles. The van der Waals surface area contributed by atoms with Crippen LogP contribution in [0.2, 0.25) is 0 Å². The summed E-state index contributed by atoms with van der Waals surface area (Å²) in [6, 6.07) is 8.63. The smallest absolute Gasteiger partial charge is 0.209 e. The number of amides is 1. The number of carbonyl (C=O) groups excluding carboxylic acids is 1.